The number of phenols is 1. The van der Waals surface area contributed by atoms with Crippen LogP contribution in [0.25, 0.3) is 6.08 Å². The van der Waals surface area contributed by atoms with E-state index >= 15 is 0 Å². The number of ether oxygens (including phenoxy) is 2. The van der Waals surface area contributed by atoms with Gasteiger partial charge in [0.1, 0.15) is 17.2 Å². The molecule has 0 spiro atoms. The van der Waals surface area contributed by atoms with Crippen molar-refractivity contribution in [1.82, 2.24) is 0 Å². The Kier molecular flexibility index (Phi) is 4.61. The fraction of sp³-hybridized carbons (Fsp3) is 0.118. The van der Waals surface area contributed by atoms with Gasteiger partial charge in [-0.15, -0.1) is 0 Å². The van der Waals surface area contributed by atoms with Crippen LogP contribution in [0, 0.1) is 0 Å². The van der Waals surface area contributed by atoms with E-state index in [1.54, 1.807) is 56.7 Å². The average Bonchev–Trinajstić information content (AvgIpc) is 2.52. The van der Waals surface area contributed by atoms with Crippen LogP contribution in [0.15, 0.2) is 48.5 Å². The molecule has 4 heteroatoms. The van der Waals surface area contributed by atoms with Crippen LogP contribution in [0.2, 0.25) is 0 Å². The first-order chi connectivity index (χ1) is 10.2. The molecule has 0 saturated heterocycles. The van der Waals surface area contributed by atoms with E-state index in [1.165, 1.54) is 12.1 Å². The van der Waals surface area contributed by atoms with Crippen molar-refractivity contribution in [2.45, 2.75) is 0 Å². The van der Waals surface area contributed by atoms with E-state index in [9.17, 15) is 9.90 Å². The van der Waals surface area contributed by atoms with Gasteiger partial charge in [-0.3, -0.25) is 4.79 Å². The molecule has 0 aliphatic heterocycles. The molecule has 2 rings (SSSR count). The van der Waals surface area contributed by atoms with Crippen LogP contribution in [0.5, 0.6) is 17.2 Å². The maximum Gasteiger partial charge on any atom is 0.189 e. The maximum absolute atomic E-state index is 12.1. The van der Waals surface area contributed by atoms with Crippen molar-refractivity contribution in [2.75, 3.05) is 14.2 Å². The summed E-state index contributed by atoms with van der Waals surface area (Å²) in [6.45, 7) is 0. The molecule has 0 fully saturated rings. The molecule has 0 atom stereocenters. The van der Waals surface area contributed by atoms with E-state index in [2.05, 4.69) is 0 Å². The number of hydrogen-bond donors (Lipinski definition) is 1. The third kappa shape index (κ3) is 3.23. The van der Waals surface area contributed by atoms with E-state index < -0.39 is 0 Å². The molecule has 0 amide bonds. The summed E-state index contributed by atoms with van der Waals surface area (Å²) in [6, 6.07) is 11.8. The molecule has 108 valence electrons. The number of carbonyl (C=O) groups is 1. The van der Waals surface area contributed by atoms with Gasteiger partial charge in [0.05, 0.1) is 25.3 Å². The smallest absolute Gasteiger partial charge is 0.189 e. The first-order valence-electron chi connectivity index (χ1n) is 6.38. The lowest BCUT2D eigenvalue weighted by Gasteiger charge is -2.09. The van der Waals surface area contributed by atoms with Crippen LogP contribution in [-0.4, -0.2) is 25.1 Å². The molecule has 0 aliphatic rings. The van der Waals surface area contributed by atoms with E-state index in [1.807, 2.05) is 0 Å². The number of hydrogen-bond acceptors (Lipinski definition) is 4. The van der Waals surface area contributed by atoms with Gasteiger partial charge in [-0.25, -0.2) is 0 Å². The SMILES string of the molecule is COc1cccc(OC)c1C=CC(=O)c1ccccc1O. The van der Waals surface area contributed by atoms with Crippen LogP contribution in [0.1, 0.15) is 15.9 Å². The first kappa shape index (κ1) is 14.7. The number of methoxy groups -OCH3 is 2. The highest BCUT2D eigenvalue weighted by Crippen LogP contribution is 2.29. The van der Waals surface area contributed by atoms with Crippen molar-refractivity contribution < 1.29 is 19.4 Å². The number of phenolic OH excluding ortho intramolecular Hbond substituents is 1. The van der Waals surface area contributed by atoms with Crippen LogP contribution in [-0.2, 0) is 0 Å². The molecule has 2 aromatic rings. The summed E-state index contributed by atoms with van der Waals surface area (Å²) in [5.41, 5.74) is 0.925. The quantitative estimate of drug-likeness (QED) is 0.676. The summed E-state index contributed by atoms with van der Waals surface area (Å²) < 4.78 is 10.5. The summed E-state index contributed by atoms with van der Waals surface area (Å²) >= 11 is 0. The second-order valence-electron chi connectivity index (χ2n) is 4.29. The van der Waals surface area contributed by atoms with Crippen molar-refractivity contribution in [1.29, 1.82) is 0 Å². The van der Waals surface area contributed by atoms with Gasteiger partial charge >= 0.3 is 0 Å². The number of rotatable bonds is 5. The third-order valence-corrected chi connectivity index (χ3v) is 3.04. The number of allylic oxidation sites excluding steroid dienone is 1. The number of carbonyl (C=O) groups excluding carboxylic acids is 1. The number of para-hydroxylation sites is 1. The van der Waals surface area contributed by atoms with E-state index in [0.717, 1.165) is 0 Å². The fourth-order valence-electron chi connectivity index (χ4n) is 1.97. The molecule has 0 unspecified atom stereocenters. The third-order valence-electron chi connectivity index (χ3n) is 3.04. The number of aromatic hydroxyl groups is 1. The highest BCUT2D eigenvalue weighted by Gasteiger charge is 2.09. The van der Waals surface area contributed by atoms with Crippen LogP contribution in [0.4, 0.5) is 0 Å². The Morgan fingerprint density at radius 1 is 1.00 bits per heavy atom. The zero-order valence-corrected chi connectivity index (χ0v) is 11.9. The lowest BCUT2D eigenvalue weighted by molar-refractivity contribution is 0.104. The minimum atomic E-state index is -0.291. The predicted octanol–water partition coefficient (Wildman–Crippen LogP) is 3.31. The summed E-state index contributed by atoms with van der Waals surface area (Å²) in [6.07, 6.45) is 3.00. The number of benzene rings is 2. The first-order valence-corrected chi connectivity index (χ1v) is 6.38. The van der Waals surface area contributed by atoms with Crippen molar-refractivity contribution in [3.8, 4) is 17.2 Å². The van der Waals surface area contributed by atoms with Crippen molar-refractivity contribution in [3.05, 3.63) is 59.7 Å². The second kappa shape index (κ2) is 6.61. The summed E-state index contributed by atoms with van der Waals surface area (Å²) in [4.78, 5) is 12.1. The Labute approximate surface area is 123 Å². The van der Waals surface area contributed by atoms with E-state index in [-0.39, 0.29) is 17.1 Å². The zero-order chi connectivity index (χ0) is 15.2. The van der Waals surface area contributed by atoms with Gasteiger partial charge < -0.3 is 14.6 Å². The molecular weight excluding hydrogens is 268 g/mol. The van der Waals surface area contributed by atoms with Gasteiger partial charge in [0, 0.05) is 0 Å². The standard InChI is InChI=1S/C17H16O4/c1-20-16-8-5-9-17(21-2)13(16)10-11-15(19)12-6-3-4-7-14(12)18/h3-11,18H,1-2H3. The molecule has 1 N–H and O–H groups in total. The Bertz CT molecular complexity index is 652. The number of ketones is 1. The maximum atomic E-state index is 12.1. The van der Waals surface area contributed by atoms with Gasteiger partial charge in [-0.05, 0) is 36.4 Å². The molecule has 21 heavy (non-hydrogen) atoms. The summed E-state index contributed by atoms with van der Waals surface area (Å²) in [5.74, 6) is 0.881. The summed E-state index contributed by atoms with van der Waals surface area (Å²) in [5, 5.41) is 9.68. The van der Waals surface area contributed by atoms with Crippen molar-refractivity contribution >= 4 is 11.9 Å². The Morgan fingerprint density at radius 2 is 1.62 bits per heavy atom. The molecular formula is C17H16O4. The Morgan fingerprint density at radius 3 is 2.19 bits per heavy atom. The van der Waals surface area contributed by atoms with Gasteiger partial charge in [-0.1, -0.05) is 18.2 Å². The highest BCUT2D eigenvalue weighted by molar-refractivity contribution is 6.08. The molecule has 4 nitrogen and oxygen atoms in total. The van der Waals surface area contributed by atoms with Crippen molar-refractivity contribution in [3.63, 3.8) is 0 Å². The molecule has 0 saturated carbocycles. The zero-order valence-electron chi connectivity index (χ0n) is 11.9. The fourth-order valence-corrected chi connectivity index (χ4v) is 1.97. The minimum absolute atomic E-state index is 0.0425. The largest absolute Gasteiger partial charge is 0.507 e. The monoisotopic (exact) mass is 284 g/mol. The predicted molar refractivity (Wildman–Crippen MR) is 81.0 cm³/mol. The highest BCUT2D eigenvalue weighted by atomic mass is 16.5. The molecule has 2 aromatic carbocycles. The molecule has 0 bridgehead atoms. The second-order valence-corrected chi connectivity index (χ2v) is 4.29. The average molecular weight is 284 g/mol. The van der Waals surface area contributed by atoms with Crippen LogP contribution >= 0.6 is 0 Å². The lowest BCUT2D eigenvalue weighted by atomic mass is 10.1. The normalized spacial score (nSPS) is 10.6. The van der Waals surface area contributed by atoms with Gasteiger partial charge in [0.25, 0.3) is 0 Å². The van der Waals surface area contributed by atoms with Gasteiger partial charge in [0.15, 0.2) is 5.78 Å². The lowest BCUT2D eigenvalue weighted by Crippen LogP contribution is -1.96. The van der Waals surface area contributed by atoms with E-state index in [4.69, 9.17) is 9.47 Å². The minimum Gasteiger partial charge on any atom is -0.507 e. The summed E-state index contributed by atoms with van der Waals surface area (Å²) in [7, 11) is 3.11. The van der Waals surface area contributed by atoms with Gasteiger partial charge in [-0.2, -0.15) is 0 Å². The molecule has 0 aromatic heterocycles. The molecule has 0 radical (unpaired) electrons. The van der Waals surface area contributed by atoms with Crippen molar-refractivity contribution in [2.24, 2.45) is 0 Å². The topological polar surface area (TPSA) is 55.8 Å². The van der Waals surface area contributed by atoms with Crippen LogP contribution < -0.4 is 9.47 Å². The molecule has 0 heterocycles. The molecule has 0 aliphatic carbocycles. The Hall–Kier alpha value is -2.75. The van der Waals surface area contributed by atoms with E-state index in [0.29, 0.717) is 17.1 Å². The van der Waals surface area contributed by atoms with Crippen LogP contribution in [0.3, 0.4) is 0 Å². The Balaban J connectivity index is 2.34. The van der Waals surface area contributed by atoms with Gasteiger partial charge in [0.2, 0.25) is 0 Å².